The summed E-state index contributed by atoms with van der Waals surface area (Å²) in [5.74, 6) is 0.536. The van der Waals surface area contributed by atoms with Crippen molar-refractivity contribution < 1.29 is 9.53 Å². The lowest BCUT2D eigenvalue weighted by molar-refractivity contribution is -0.116. The summed E-state index contributed by atoms with van der Waals surface area (Å²) >= 11 is 5.70. The summed E-state index contributed by atoms with van der Waals surface area (Å²) in [4.78, 5) is 19.4. The average Bonchev–Trinajstić information content (AvgIpc) is 3.43. The van der Waals surface area contributed by atoms with Crippen molar-refractivity contribution in [2.45, 2.75) is 38.4 Å². The van der Waals surface area contributed by atoms with E-state index in [1.165, 1.54) is 0 Å². The lowest BCUT2D eigenvalue weighted by atomic mass is 9.99. The van der Waals surface area contributed by atoms with Crippen molar-refractivity contribution in [2.75, 3.05) is 19.0 Å². The van der Waals surface area contributed by atoms with Crippen molar-refractivity contribution >= 4 is 28.9 Å². The number of carbonyl (C=O) groups is 1. The number of nitrogens with one attached hydrogen (secondary N) is 2. The van der Waals surface area contributed by atoms with Gasteiger partial charge < -0.3 is 24.8 Å². The van der Waals surface area contributed by atoms with Crippen molar-refractivity contribution in [2.24, 2.45) is 0 Å². The van der Waals surface area contributed by atoms with Crippen LogP contribution in [0.5, 0.6) is 5.75 Å². The number of hydrogen-bond acceptors (Lipinski definition) is 4. The van der Waals surface area contributed by atoms with E-state index < -0.39 is 0 Å². The number of aromatic nitrogens is 2. The molecule has 1 amide bonds. The van der Waals surface area contributed by atoms with Gasteiger partial charge in [0.1, 0.15) is 5.75 Å². The van der Waals surface area contributed by atoms with Gasteiger partial charge in [0.25, 0.3) is 0 Å². The maximum absolute atomic E-state index is 12.8. The Kier molecular flexibility index (Phi) is 6.93. The number of amides is 1. The molecule has 0 spiro atoms. The minimum atomic E-state index is -0.0982. The van der Waals surface area contributed by atoms with E-state index in [4.69, 9.17) is 17.0 Å². The van der Waals surface area contributed by atoms with Gasteiger partial charge in [0, 0.05) is 37.6 Å². The zero-order valence-electron chi connectivity index (χ0n) is 19.1. The molecule has 7 nitrogen and oxygen atoms in total. The predicted octanol–water partition coefficient (Wildman–Crippen LogP) is 4.47. The molecule has 2 N–H and O–H groups in total. The molecule has 172 valence electrons. The molecule has 1 aromatic carbocycles. The standard InChI is InChI=1S/C25H29N5O2S/c1-17(2)29-14-11-18(16-29)24-23(20-9-6-7-13-26-20)28-25(33)30(24)15-12-22(31)27-19-8-4-5-10-21(19)32-3/h4-11,13-14,16-17,23-24H,12,15H2,1-3H3,(H,27,31)(H,28,33)/t23-,24-/m1/s1. The van der Waals surface area contributed by atoms with E-state index in [0.29, 0.717) is 29.1 Å². The largest absolute Gasteiger partial charge is 0.495 e. The predicted molar refractivity (Wildman–Crippen MR) is 133 cm³/mol. The second-order valence-corrected chi connectivity index (χ2v) is 8.69. The van der Waals surface area contributed by atoms with Crippen LogP contribution >= 0.6 is 12.2 Å². The van der Waals surface area contributed by atoms with E-state index in [1.54, 1.807) is 13.3 Å². The maximum Gasteiger partial charge on any atom is 0.226 e. The van der Waals surface area contributed by atoms with Crippen molar-refractivity contribution in [3.05, 3.63) is 78.4 Å². The van der Waals surface area contributed by atoms with Gasteiger partial charge in [-0.25, -0.2) is 0 Å². The summed E-state index contributed by atoms with van der Waals surface area (Å²) in [6.45, 7) is 4.78. The number of anilines is 1. The molecular weight excluding hydrogens is 434 g/mol. The first kappa shape index (κ1) is 22.8. The molecule has 0 saturated carbocycles. The van der Waals surface area contributed by atoms with Gasteiger partial charge in [0.2, 0.25) is 5.91 Å². The van der Waals surface area contributed by atoms with Gasteiger partial charge in [-0.1, -0.05) is 18.2 Å². The first-order valence-corrected chi connectivity index (χ1v) is 11.5. The number of nitrogens with zero attached hydrogens (tertiary/aromatic N) is 3. The van der Waals surface area contributed by atoms with Crippen molar-refractivity contribution in [3.63, 3.8) is 0 Å². The molecule has 0 aliphatic carbocycles. The molecule has 0 radical (unpaired) electrons. The van der Waals surface area contributed by atoms with E-state index in [1.807, 2.05) is 42.5 Å². The molecule has 8 heteroatoms. The van der Waals surface area contributed by atoms with Crippen LogP contribution in [0.1, 0.15) is 49.7 Å². The minimum absolute atomic E-state index is 0.0635. The molecular formula is C25H29N5O2S. The third-order valence-electron chi connectivity index (χ3n) is 5.83. The normalized spacial score (nSPS) is 17.8. The van der Waals surface area contributed by atoms with Crippen LogP contribution < -0.4 is 15.4 Å². The number of benzene rings is 1. The Balaban J connectivity index is 1.54. The zero-order chi connectivity index (χ0) is 23.4. The number of rotatable bonds is 8. The number of para-hydroxylation sites is 2. The summed E-state index contributed by atoms with van der Waals surface area (Å²) in [6.07, 6.45) is 6.32. The molecule has 1 aliphatic heterocycles. The first-order chi connectivity index (χ1) is 16.0. The van der Waals surface area contributed by atoms with E-state index in [9.17, 15) is 4.79 Å². The molecule has 1 aliphatic rings. The van der Waals surface area contributed by atoms with Crippen LogP contribution in [0.2, 0.25) is 0 Å². The summed E-state index contributed by atoms with van der Waals surface area (Å²) < 4.78 is 7.51. The van der Waals surface area contributed by atoms with Crippen LogP contribution in [-0.4, -0.2) is 39.1 Å². The van der Waals surface area contributed by atoms with Gasteiger partial charge in [0.15, 0.2) is 5.11 Å². The van der Waals surface area contributed by atoms with Gasteiger partial charge in [-0.3, -0.25) is 9.78 Å². The Labute approximate surface area is 199 Å². The zero-order valence-corrected chi connectivity index (χ0v) is 19.9. The SMILES string of the molecule is COc1ccccc1NC(=O)CCN1C(=S)N[C@H](c2ccccn2)[C@H]1c1ccn(C(C)C)c1. The highest BCUT2D eigenvalue weighted by Gasteiger charge is 2.40. The summed E-state index contributed by atoms with van der Waals surface area (Å²) in [5.41, 5.74) is 2.71. The van der Waals surface area contributed by atoms with Crippen LogP contribution in [-0.2, 0) is 4.79 Å². The molecule has 3 aromatic rings. The third-order valence-corrected chi connectivity index (χ3v) is 6.19. The van der Waals surface area contributed by atoms with Crippen LogP contribution in [0.25, 0.3) is 0 Å². The Morgan fingerprint density at radius 1 is 1.21 bits per heavy atom. The van der Waals surface area contributed by atoms with Crippen molar-refractivity contribution in [1.82, 2.24) is 19.8 Å². The van der Waals surface area contributed by atoms with Crippen LogP contribution in [0.15, 0.2) is 67.1 Å². The Bertz CT molecular complexity index is 1110. The molecule has 0 unspecified atom stereocenters. The number of thiocarbonyl (C=S) groups is 1. The van der Waals surface area contributed by atoms with Gasteiger partial charge in [0.05, 0.1) is 30.6 Å². The molecule has 0 bridgehead atoms. The smallest absolute Gasteiger partial charge is 0.226 e. The fourth-order valence-corrected chi connectivity index (χ4v) is 4.45. The number of ether oxygens (including phenoxy) is 1. The maximum atomic E-state index is 12.8. The van der Waals surface area contributed by atoms with Gasteiger partial charge in [-0.05, 0) is 62.0 Å². The monoisotopic (exact) mass is 463 g/mol. The van der Waals surface area contributed by atoms with Crippen molar-refractivity contribution in [3.8, 4) is 5.75 Å². The number of hydrogen-bond donors (Lipinski definition) is 2. The summed E-state index contributed by atoms with van der Waals surface area (Å²) in [6, 6.07) is 15.6. The number of carbonyl (C=O) groups excluding carboxylic acids is 1. The van der Waals surface area contributed by atoms with Gasteiger partial charge in [-0.2, -0.15) is 0 Å². The van der Waals surface area contributed by atoms with E-state index in [2.05, 4.69) is 57.4 Å². The average molecular weight is 464 g/mol. The van der Waals surface area contributed by atoms with E-state index >= 15 is 0 Å². The topological polar surface area (TPSA) is 71.4 Å². The summed E-state index contributed by atoms with van der Waals surface area (Å²) in [5, 5.41) is 7.00. The first-order valence-electron chi connectivity index (χ1n) is 11.1. The highest BCUT2D eigenvalue weighted by molar-refractivity contribution is 7.80. The quantitative estimate of drug-likeness (QED) is 0.480. The highest BCUT2D eigenvalue weighted by Crippen LogP contribution is 2.39. The molecule has 1 saturated heterocycles. The van der Waals surface area contributed by atoms with Gasteiger partial charge >= 0.3 is 0 Å². The molecule has 2 aromatic heterocycles. The molecule has 1 fully saturated rings. The number of methoxy groups -OCH3 is 1. The lowest BCUT2D eigenvalue weighted by Crippen LogP contribution is -2.32. The highest BCUT2D eigenvalue weighted by atomic mass is 32.1. The minimum Gasteiger partial charge on any atom is -0.495 e. The lowest BCUT2D eigenvalue weighted by Gasteiger charge is -2.27. The van der Waals surface area contributed by atoms with Crippen molar-refractivity contribution in [1.29, 1.82) is 0 Å². The third kappa shape index (κ3) is 5.01. The molecule has 3 heterocycles. The van der Waals surface area contributed by atoms with Gasteiger partial charge in [-0.15, -0.1) is 0 Å². The molecule has 33 heavy (non-hydrogen) atoms. The Hall–Kier alpha value is -3.39. The van der Waals surface area contributed by atoms with E-state index in [-0.39, 0.29) is 24.4 Å². The Morgan fingerprint density at radius 3 is 2.70 bits per heavy atom. The fourth-order valence-electron chi connectivity index (χ4n) is 4.12. The molecule has 4 rings (SSSR count). The van der Waals surface area contributed by atoms with Crippen LogP contribution in [0.3, 0.4) is 0 Å². The summed E-state index contributed by atoms with van der Waals surface area (Å²) in [7, 11) is 1.59. The van der Waals surface area contributed by atoms with Crippen LogP contribution in [0, 0.1) is 0 Å². The second kappa shape index (κ2) is 10.0. The Morgan fingerprint density at radius 2 is 2.00 bits per heavy atom. The second-order valence-electron chi connectivity index (χ2n) is 8.30. The molecule has 2 atom stereocenters. The van der Waals surface area contributed by atoms with Crippen LogP contribution in [0.4, 0.5) is 5.69 Å². The number of pyridine rings is 1. The van der Waals surface area contributed by atoms with E-state index in [0.717, 1.165) is 11.3 Å². The fraction of sp³-hybridized carbons (Fsp3) is 0.320.